The molecule has 0 atom stereocenters. The zero-order chi connectivity index (χ0) is 17.4. The van der Waals surface area contributed by atoms with Crippen LogP contribution < -0.4 is 0 Å². The molecule has 3 heterocycles. The molecule has 5 nitrogen and oxygen atoms in total. The minimum absolute atomic E-state index is 0.0565. The van der Waals surface area contributed by atoms with E-state index < -0.39 is 0 Å². The Hall–Kier alpha value is -1.70. The predicted octanol–water partition coefficient (Wildman–Crippen LogP) is 4.37. The zero-order valence-corrected chi connectivity index (χ0v) is 15.3. The molecule has 0 bridgehead atoms. The summed E-state index contributed by atoms with van der Waals surface area (Å²) < 4.78 is 1.24. The lowest BCUT2D eigenvalue weighted by Gasteiger charge is -2.42. The van der Waals surface area contributed by atoms with Crippen molar-refractivity contribution in [2.45, 2.75) is 34.8 Å². The minimum Gasteiger partial charge on any atom is -0.299 e. The highest BCUT2D eigenvalue weighted by Gasteiger charge is 2.42. The van der Waals surface area contributed by atoms with Gasteiger partial charge in [-0.1, -0.05) is 12.1 Å². The summed E-state index contributed by atoms with van der Waals surface area (Å²) in [5.41, 5.74) is 2.13. The lowest BCUT2D eigenvalue weighted by atomic mass is 9.88. The number of carbonyl (C=O) groups excluding carboxylic acids is 1. The second-order valence-corrected chi connectivity index (χ2v) is 9.36. The molecule has 0 saturated carbocycles. The van der Waals surface area contributed by atoms with Gasteiger partial charge >= 0.3 is 0 Å². The molecule has 1 fully saturated rings. The summed E-state index contributed by atoms with van der Waals surface area (Å²) in [4.78, 5) is 25.1. The van der Waals surface area contributed by atoms with Gasteiger partial charge in [-0.05, 0) is 42.9 Å². The number of nitrogens with zero attached hydrogens (tertiary/aromatic N) is 2. The Balaban J connectivity index is 1.39. The normalized spacial score (nSPS) is 19.8. The number of carbonyl (C=O) groups is 1. The molecule has 1 saturated heterocycles. The number of piperidine rings is 1. The summed E-state index contributed by atoms with van der Waals surface area (Å²) in [5, 5.41) is 12.7. The highest BCUT2D eigenvalue weighted by molar-refractivity contribution is 8.02. The van der Waals surface area contributed by atoms with Crippen LogP contribution in [0.4, 0.5) is 5.69 Å². The van der Waals surface area contributed by atoms with Gasteiger partial charge in [0.25, 0.3) is 5.69 Å². The highest BCUT2D eigenvalue weighted by atomic mass is 32.2. The Kier molecular flexibility index (Phi) is 4.39. The van der Waals surface area contributed by atoms with Gasteiger partial charge < -0.3 is 0 Å². The van der Waals surface area contributed by atoms with Gasteiger partial charge in [-0.25, -0.2) is 0 Å². The van der Waals surface area contributed by atoms with Gasteiger partial charge in [-0.3, -0.25) is 19.8 Å². The fourth-order valence-electron chi connectivity index (χ4n) is 3.58. The first-order valence-corrected chi connectivity index (χ1v) is 10.00. The van der Waals surface area contributed by atoms with Gasteiger partial charge in [-0.2, -0.15) is 0 Å². The van der Waals surface area contributed by atoms with Gasteiger partial charge in [0.2, 0.25) is 0 Å². The van der Waals surface area contributed by atoms with Crippen molar-refractivity contribution < 1.29 is 9.72 Å². The third kappa shape index (κ3) is 3.36. The third-order valence-corrected chi connectivity index (χ3v) is 7.68. The number of nitro benzene ring substituents is 1. The molecule has 0 aliphatic carbocycles. The number of Topliss-reactive ketones (excluding diaryl/α,β-unsaturated/α-hetero) is 1. The number of hydrogen-bond donors (Lipinski definition) is 0. The van der Waals surface area contributed by atoms with Crippen LogP contribution in [-0.4, -0.2) is 33.4 Å². The zero-order valence-electron chi connectivity index (χ0n) is 13.6. The lowest BCUT2D eigenvalue weighted by Crippen LogP contribution is -2.44. The molecule has 1 aromatic heterocycles. The maximum atomic E-state index is 12.4. The SMILES string of the molecule is O=C1CC2(CCN(Cc3ccc([N+](=O)[O-])cc3)CC2)Sc2sccc21. The number of benzene rings is 1. The lowest BCUT2D eigenvalue weighted by molar-refractivity contribution is -0.384. The van der Waals surface area contributed by atoms with Crippen molar-refractivity contribution in [2.75, 3.05) is 13.1 Å². The number of ketones is 1. The van der Waals surface area contributed by atoms with Gasteiger partial charge in [0.1, 0.15) is 0 Å². The van der Waals surface area contributed by atoms with E-state index in [1.165, 1.54) is 4.21 Å². The van der Waals surface area contributed by atoms with Crippen molar-refractivity contribution in [3.63, 3.8) is 0 Å². The summed E-state index contributed by atoms with van der Waals surface area (Å²) in [6.07, 6.45) is 2.66. The van der Waals surface area contributed by atoms with Crippen LogP contribution in [0.15, 0.2) is 39.9 Å². The fraction of sp³-hybridized carbons (Fsp3) is 0.389. The Morgan fingerprint density at radius 3 is 2.56 bits per heavy atom. The first-order chi connectivity index (χ1) is 12.0. The second kappa shape index (κ2) is 6.55. The molecule has 25 heavy (non-hydrogen) atoms. The molecule has 0 amide bonds. The van der Waals surface area contributed by atoms with Crippen LogP contribution in [0.1, 0.15) is 35.2 Å². The number of likely N-dealkylation sites (tertiary alicyclic amines) is 1. The summed E-state index contributed by atoms with van der Waals surface area (Å²) in [5.74, 6) is 0.291. The van der Waals surface area contributed by atoms with E-state index in [-0.39, 0.29) is 15.4 Å². The maximum Gasteiger partial charge on any atom is 0.269 e. The van der Waals surface area contributed by atoms with E-state index in [0.29, 0.717) is 12.2 Å². The first kappa shape index (κ1) is 16.8. The molecular weight excluding hydrogens is 356 g/mol. The summed E-state index contributed by atoms with van der Waals surface area (Å²) in [6.45, 7) is 2.72. The summed E-state index contributed by atoms with van der Waals surface area (Å²) >= 11 is 3.58. The van der Waals surface area contributed by atoms with Gasteiger partial charge in [-0.15, -0.1) is 23.1 Å². The quantitative estimate of drug-likeness (QED) is 0.590. The molecule has 130 valence electrons. The molecule has 4 rings (SSSR count). The third-order valence-electron chi connectivity index (χ3n) is 5.04. The molecular formula is C18H18N2O3S2. The number of fused-ring (bicyclic) bond motifs is 1. The van der Waals surface area contributed by atoms with Crippen LogP contribution in [0.25, 0.3) is 0 Å². The van der Waals surface area contributed by atoms with E-state index in [0.717, 1.165) is 43.6 Å². The molecule has 2 aliphatic heterocycles. The number of nitro groups is 1. The van der Waals surface area contributed by atoms with Crippen molar-refractivity contribution in [2.24, 2.45) is 0 Å². The molecule has 0 radical (unpaired) electrons. The number of thioether (sulfide) groups is 1. The smallest absolute Gasteiger partial charge is 0.269 e. The van der Waals surface area contributed by atoms with Crippen LogP contribution >= 0.6 is 23.1 Å². The van der Waals surface area contributed by atoms with Gasteiger partial charge in [0.15, 0.2) is 5.78 Å². The fourth-order valence-corrected chi connectivity index (χ4v) is 6.38. The first-order valence-electron chi connectivity index (χ1n) is 8.30. The largest absolute Gasteiger partial charge is 0.299 e. The molecule has 0 unspecified atom stereocenters. The summed E-state index contributed by atoms with van der Waals surface area (Å²) in [7, 11) is 0. The van der Waals surface area contributed by atoms with Crippen LogP contribution in [0.3, 0.4) is 0 Å². The number of non-ortho nitro benzene ring substituents is 1. The second-order valence-electron chi connectivity index (χ2n) is 6.71. The van der Waals surface area contributed by atoms with Crippen LogP contribution in [0.5, 0.6) is 0 Å². The van der Waals surface area contributed by atoms with Crippen LogP contribution in [0, 0.1) is 10.1 Å². The average Bonchev–Trinajstić information content (AvgIpc) is 3.06. The van der Waals surface area contributed by atoms with Gasteiger partial charge in [0, 0.05) is 35.4 Å². The minimum atomic E-state index is -0.370. The Morgan fingerprint density at radius 1 is 1.16 bits per heavy atom. The highest BCUT2D eigenvalue weighted by Crippen LogP contribution is 2.50. The van der Waals surface area contributed by atoms with Gasteiger partial charge in [0.05, 0.1) is 9.13 Å². The number of thiophene rings is 1. The average molecular weight is 374 g/mol. The predicted molar refractivity (Wildman–Crippen MR) is 99.5 cm³/mol. The number of rotatable bonds is 3. The van der Waals surface area contributed by atoms with Crippen molar-refractivity contribution in [1.29, 1.82) is 0 Å². The van der Waals surface area contributed by atoms with Crippen molar-refractivity contribution in [1.82, 2.24) is 4.90 Å². The van der Waals surface area contributed by atoms with E-state index in [4.69, 9.17) is 0 Å². The monoisotopic (exact) mass is 374 g/mol. The molecule has 2 aromatic rings. The molecule has 7 heteroatoms. The number of hydrogen-bond acceptors (Lipinski definition) is 6. The molecule has 2 aliphatic rings. The van der Waals surface area contributed by atoms with Crippen molar-refractivity contribution in [3.05, 3.63) is 57.0 Å². The van der Waals surface area contributed by atoms with Crippen molar-refractivity contribution in [3.8, 4) is 0 Å². The van der Waals surface area contributed by atoms with E-state index in [1.54, 1.807) is 23.5 Å². The summed E-state index contributed by atoms with van der Waals surface area (Å²) in [6, 6.07) is 8.74. The van der Waals surface area contributed by atoms with E-state index in [2.05, 4.69) is 4.90 Å². The van der Waals surface area contributed by atoms with E-state index in [1.807, 2.05) is 35.3 Å². The maximum absolute atomic E-state index is 12.4. The molecule has 1 aromatic carbocycles. The Labute approximate surface area is 154 Å². The van der Waals surface area contributed by atoms with Crippen LogP contribution in [0.2, 0.25) is 0 Å². The standard InChI is InChI=1S/C18H18N2O3S2/c21-16-11-18(25-17-15(16)5-10-24-17)6-8-19(9-7-18)12-13-1-3-14(4-2-13)20(22)23/h1-5,10H,6-9,11-12H2. The van der Waals surface area contributed by atoms with E-state index >= 15 is 0 Å². The Morgan fingerprint density at radius 2 is 1.88 bits per heavy atom. The molecule has 0 N–H and O–H groups in total. The molecule has 1 spiro atoms. The topological polar surface area (TPSA) is 63.5 Å². The van der Waals surface area contributed by atoms with Crippen LogP contribution in [-0.2, 0) is 6.54 Å². The van der Waals surface area contributed by atoms with Crippen molar-refractivity contribution >= 4 is 34.6 Å². The Bertz CT molecular complexity index is 808. The van der Waals surface area contributed by atoms with E-state index in [9.17, 15) is 14.9 Å².